The van der Waals surface area contributed by atoms with Crippen molar-refractivity contribution in [1.82, 2.24) is 5.32 Å². The number of benzene rings is 1. The summed E-state index contributed by atoms with van der Waals surface area (Å²) in [4.78, 5) is 23.0. The number of amides is 2. The predicted octanol–water partition coefficient (Wildman–Crippen LogP) is 1.58. The monoisotopic (exact) mass is 300 g/mol. The second-order valence-electron chi connectivity index (χ2n) is 5.02. The molecule has 1 heterocycles. The van der Waals surface area contributed by atoms with Gasteiger partial charge in [0.1, 0.15) is 5.41 Å². The molecule has 0 saturated carbocycles. The van der Waals surface area contributed by atoms with Gasteiger partial charge in [-0.15, -0.1) is 0 Å². The van der Waals surface area contributed by atoms with Crippen LogP contribution in [-0.2, 0) is 9.53 Å². The van der Waals surface area contributed by atoms with Crippen LogP contribution in [0.25, 0.3) is 0 Å². The quantitative estimate of drug-likeness (QED) is 0.791. The minimum Gasteiger partial charge on any atom is -0.481 e. The molecule has 0 spiro atoms. The Bertz CT molecular complexity index is 581. The number of anilines is 1. The fourth-order valence-corrected chi connectivity index (χ4v) is 1.98. The number of urea groups is 1. The van der Waals surface area contributed by atoms with E-state index in [0.717, 1.165) is 12.1 Å². The van der Waals surface area contributed by atoms with E-state index in [9.17, 15) is 18.4 Å². The molecule has 8 heteroatoms. The van der Waals surface area contributed by atoms with Crippen molar-refractivity contribution < 1.29 is 28.2 Å². The summed E-state index contributed by atoms with van der Waals surface area (Å²) in [6.45, 7) is 1.51. The molecule has 0 radical (unpaired) electrons. The lowest BCUT2D eigenvalue weighted by Gasteiger charge is -2.25. The van der Waals surface area contributed by atoms with E-state index in [2.05, 4.69) is 10.6 Å². The van der Waals surface area contributed by atoms with Gasteiger partial charge in [0.05, 0.1) is 19.3 Å². The highest BCUT2D eigenvalue weighted by molar-refractivity contribution is 5.90. The SMILES string of the molecule is CC1(C(=O)O)COCC1NC(=O)Nc1ccc(F)c(F)c1. The van der Waals surface area contributed by atoms with Crippen LogP contribution < -0.4 is 10.6 Å². The summed E-state index contributed by atoms with van der Waals surface area (Å²) >= 11 is 0. The molecular weight excluding hydrogens is 286 g/mol. The van der Waals surface area contributed by atoms with E-state index in [0.29, 0.717) is 0 Å². The first-order valence-corrected chi connectivity index (χ1v) is 6.16. The lowest BCUT2D eigenvalue weighted by molar-refractivity contribution is -0.148. The molecule has 21 heavy (non-hydrogen) atoms. The first-order valence-electron chi connectivity index (χ1n) is 6.16. The van der Waals surface area contributed by atoms with Crippen molar-refractivity contribution in [2.45, 2.75) is 13.0 Å². The van der Waals surface area contributed by atoms with E-state index < -0.39 is 35.1 Å². The number of ether oxygens (including phenoxy) is 1. The summed E-state index contributed by atoms with van der Waals surface area (Å²) in [5.74, 6) is -3.20. The predicted molar refractivity (Wildman–Crippen MR) is 68.9 cm³/mol. The van der Waals surface area contributed by atoms with Crippen molar-refractivity contribution in [3.05, 3.63) is 29.8 Å². The zero-order chi connectivity index (χ0) is 15.6. The largest absolute Gasteiger partial charge is 0.481 e. The molecule has 0 bridgehead atoms. The van der Waals surface area contributed by atoms with Crippen LogP contribution in [0.2, 0.25) is 0 Å². The van der Waals surface area contributed by atoms with Gasteiger partial charge in [-0.05, 0) is 19.1 Å². The number of aliphatic carboxylic acids is 1. The Kier molecular flexibility index (Phi) is 4.08. The number of hydrogen-bond donors (Lipinski definition) is 3. The number of nitrogens with one attached hydrogen (secondary N) is 2. The first kappa shape index (κ1) is 15.2. The molecule has 1 aliphatic rings. The topological polar surface area (TPSA) is 87.7 Å². The Morgan fingerprint density at radius 2 is 2.10 bits per heavy atom. The number of carbonyl (C=O) groups excluding carboxylic acids is 1. The lowest BCUT2D eigenvalue weighted by Crippen LogP contribution is -2.50. The Morgan fingerprint density at radius 1 is 1.38 bits per heavy atom. The van der Waals surface area contributed by atoms with Gasteiger partial charge >= 0.3 is 12.0 Å². The van der Waals surface area contributed by atoms with Crippen molar-refractivity contribution in [3.8, 4) is 0 Å². The van der Waals surface area contributed by atoms with Gasteiger partial charge in [0.25, 0.3) is 0 Å². The molecule has 2 unspecified atom stereocenters. The van der Waals surface area contributed by atoms with Crippen LogP contribution in [0.15, 0.2) is 18.2 Å². The van der Waals surface area contributed by atoms with Gasteiger partial charge in [-0.25, -0.2) is 13.6 Å². The summed E-state index contributed by atoms with van der Waals surface area (Å²) in [5, 5.41) is 13.9. The summed E-state index contributed by atoms with van der Waals surface area (Å²) in [5.41, 5.74) is -1.17. The lowest BCUT2D eigenvalue weighted by atomic mass is 9.85. The molecule has 114 valence electrons. The molecule has 2 amide bonds. The first-order chi connectivity index (χ1) is 9.83. The van der Waals surface area contributed by atoms with Gasteiger partial charge in [-0.2, -0.15) is 0 Å². The third kappa shape index (κ3) is 3.10. The van der Waals surface area contributed by atoms with Crippen LogP contribution in [0.1, 0.15) is 6.92 Å². The van der Waals surface area contributed by atoms with E-state index in [1.54, 1.807) is 0 Å². The minimum absolute atomic E-state index is 0.0154. The average molecular weight is 300 g/mol. The normalized spacial score (nSPS) is 24.6. The summed E-state index contributed by atoms with van der Waals surface area (Å²) in [6, 6.07) is 1.46. The molecule has 0 aromatic heterocycles. The van der Waals surface area contributed by atoms with E-state index in [1.165, 1.54) is 13.0 Å². The highest BCUT2D eigenvalue weighted by Crippen LogP contribution is 2.28. The number of carboxylic acid groups (broad SMARTS) is 1. The molecule has 2 rings (SSSR count). The molecule has 1 aromatic rings. The highest BCUT2D eigenvalue weighted by atomic mass is 19.2. The van der Waals surface area contributed by atoms with Gasteiger partial charge in [-0.1, -0.05) is 0 Å². The van der Waals surface area contributed by atoms with Gasteiger partial charge < -0.3 is 20.5 Å². The van der Waals surface area contributed by atoms with Crippen LogP contribution in [0.3, 0.4) is 0 Å². The summed E-state index contributed by atoms with van der Waals surface area (Å²) < 4.78 is 30.9. The standard InChI is InChI=1S/C13H14F2N2O4/c1-13(11(18)19)6-21-5-10(13)17-12(20)16-7-2-3-8(14)9(15)4-7/h2-4,10H,5-6H2,1H3,(H,18,19)(H2,16,17,20). The van der Waals surface area contributed by atoms with Gasteiger partial charge in [0.2, 0.25) is 0 Å². The van der Waals surface area contributed by atoms with Crippen LogP contribution in [-0.4, -0.2) is 36.4 Å². The van der Waals surface area contributed by atoms with Crippen molar-refractivity contribution >= 4 is 17.7 Å². The summed E-state index contributed by atoms with van der Waals surface area (Å²) in [7, 11) is 0. The maximum atomic E-state index is 13.0. The third-order valence-electron chi connectivity index (χ3n) is 3.43. The van der Waals surface area contributed by atoms with Gasteiger partial charge in [0, 0.05) is 11.8 Å². The van der Waals surface area contributed by atoms with Gasteiger partial charge in [-0.3, -0.25) is 4.79 Å². The number of rotatable bonds is 3. The van der Waals surface area contributed by atoms with Crippen LogP contribution in [0.4, 0.5) is 19.3 Å². The summed E-state index contributed by atoms with van der Waals surface area (Å²) in [6.07, 6.45) is 0. The number of carboxylic acids is 1. The van der Waals surface area contributed by atoms with Crippen LogP contribution >= 0.6 is 0 Å². The zero-order valence-electron chi connectivity index (χ0n) is 11.2. The fourth-order valence-electron chi connectivity index (χ4n) is 1.98. The average Bonchev–Trinajstić information content (AvgIpc) is 2.77. The smallest absolute Gasteiger partial charge is 0.319 e. The Balaban J connectivity index is 2.01. The molecule has 6 nitrogen and oxygen atoms in total. The van der Waals surface area contributed by atoms with Crippen molar-refractivity contribution in [2.24, 2.45) is 5.41 Å². The number of hydrogen-bond acceptors (Lipinski definition) is 3. The Morgan fingerprint density at radius 3 is 2.71 bits per heavy atom. The Hall–Kier alpha value is -2.22. The third-order valence-corrected chi connectivity index (χ3v) is 3.43. The number of halogens is 2. The maximum absolute atomic E-state index is 13.0. The van der Waals surface area contributed by atoms with E-state index >= 15 is 0 Å². The molecule has 1 fully saturated rings. The fraction of sp³-hybridized carbons (Fsp3) is 0.385. The molecule has 2 atom stereocenters. The zero-order valence-corrected chi connectivity index (χ0v) is 11.2. The second kappa shape index (κ2) is 5.65. The molecule has 0 aliphatic carbocycles. The van der Waals surface area contributed by atoms with E-state index in [4.69, 9.17) is 9.84 Å². The maximum Gasteiger partial charge on any atom is 0.319 e. The van der Waals surface area contributed by atoms with Gasteiger partial charge in [0.15, 0.2) is 11.6 Å². The van der Waals surface area contributed by atoms with Crippen LogP contribution in [0.5, 0.6) is 0 Å². The van der Waals surface area contributed by atoms with E-state index in [-0.39, 0.29) is 18.9 Å². The minimum atomic E-state index is -1.23. The molecule has 1 aliphatic heterocycles. The molecule has 1 saturated heterocycles. The molecular formula is C13H14F2N2O4. The van der Waals surface area contributed by atoms with E-state index in [1.807, 2.05) is 0 Å². The number of carbonyl (C=O) groups is 2. The highest BCUT2D eigenvalue weighted by Gasteiger charge is 2.47. The van der Waals surface area contributed by atoms with Crippen LogP contribution in [0, 0.1) is 17.0 Å². The Labute approximate surface area is 119 Å². The molecule has 1 aromatic carbocycles. The van der Waals surface area contributed by atoms with Crippen molar-refractivity contribution in [3.63, 3.8) is 0 Å². The van der Waals surface area contributed by atoms with Crippen molar-refractivity contribution in [2.75, 3.05) is 18.5 Å². The van der Waals surface area contributed by atoms with Crippen molar-refractivity contribution in [1.29, 1.82) is 0 Å². The molecule has 3 N–H and O–H groups in total. The second-order valence-corrected chi connectivity index (χ2v) is 5.02.